The van der Waals surface area contributed by atoms with Gasteiger partial charge in [-0.2, -0.15) is 0 Å². The number of halogens is 1. The van der Waals surface area contributed by atoms with E-state index in [2.05, 4.69) is 20.9 Å². The Morgan fingerprint density at radius 1 is 1.56 bits per heavy atom. The predicted octanol–water partition coefficient (Wildman–Crippen LogP) is 2.58. The van der Waals surface area contributed by atoms with E-state index >= 15 is 0 Å². The van der Waals surface area contributed by atoms with E-state index in [1.54, 1.807) is 0 Å². The Morgan fingerprint density at radius 2 is 2.31 bits per heavy atom. The third-order valence-corrected chi connectivity index (χ3v) is 3.08. The molecule has 0 aliphatic carbocycles. The highest BCUT2D eigenvalue weighted by molar-refractivity contribution is 9.10. The minimum absolute atomic E-state index is 0.0956. The minimum atomic E-state index is -0.803. The topological polar surface area (TPSA) is 55.1 Å². The van der Waals surface area contributed by atoms with Crippen LogP contribution >= 0.6 is 15.9 Å². The van der Waals surface area contributed by atoms with E-state index in [1.807, 2.05) is 29.7 Å². The first-order valence-corrected chi connectivity index (χ1v) is 5.72. The quantitative estimate of drug-likeness (QED) is 0.942. The normalized spacial score (nSPS) is 10.9. The molecule has 0 radical (unpaired) electrons. The number of para-hydroxylation sites is 1. The number of carboxylic acid groups (broad SMARTS) is 1. The number of carbonyl (C=O) groups is 1. The lowest BCUT2D eigenvalue weighted by Gasteiger charge is -2.05. The zero-order chi connectivity index (χ0) is 11.7. The van der Waals surface area contributed by atoms with Gasteiger partial charge in [-0.25, -0.2) is 4.98 Å². The van der Waals surface area contributed by atoms with Crippen molar-refractivity contribution in [2.75, 3.05) is 0 Å². The maximum atomic E-state index is 10.6. The lowest BCUT2D eigenvalue weighted by molar-refractivity contribution is -0.137. The Bertz CT molecular complexity index is 548. The summed E-state index contributed by atoms with van der Waals surface area (Å²) < 4.78 is 2.57. The van der Waals surface area contributed by atoms with Gasteiger partial charge in [-0.15, -0.1) is 0 Å². The van der Waals surface area contributed by atoms with Crippen LogP contribution in [0.25, 0.3) is 11.0 Å². The molecule has 0 atom stereocenters. The lowest BCUT2D eigenvalue weighted by Crippen LogP contribution is -2.05. The van der Waals surface area contributed by atoms with Crippen molar-refractivity contribution in [1.29, 1.82) is 0 Å². The van der Waals surface area contributed by atoms with Gasteiger partial charge >= 0.3 is 5.97 Å². The average Bonchev–Trinajstić information content (AvgIpc) is 2.52. The molecule has 1 N–H and O–H groups in total. The van der Waals surface area contributed by atoms with Gasteiger partial charge < -0.3 is 9.67 Å². The molecule has 0 spiro atoms. The monoisotopic (exact) mass is 282 g/mol. The number of benzene rings is 1. The molecular weight excluding hydrogens is 272 g/mol. The van der Waals surface area contributed by atoms with Crippen molar-refractivity contribution in [2.24, 2.45) is 0 Å². The molecule has 1 heterocycles. The molecule has 1 aromatic heterocycles. The number of fused-ring (bicyclic) bond motifs is 1. The van der Waals surface area contributed by atoms with Crippen LogP contribution in [0.5, 0.6) is 0 Å². The first-order chi connectivity index (χ1) is 7.59. The second kappa shape index (κ2) is 4.25. The largest absolute Gasteiger partial charge is 0.481 e. The van der Waals surface area contributed by atoms with Crippen LogP contribution in [-0.4, -0.2) is 20.6 Å². The van der Waals surface area contributed by atoms with Crippen LogP contribution in [0.1, 0.15) is 12.0 Å². The molecule has 0 fully saturated rings. The molecule has 16 heavy (non-hydrogen) atoms. The molecular formula is C11H11BrN2O2. The molecule has 0 saturated carbocycles. The van der Waals surface area contributed by atoms with E-state index in [9.17, 15) is 4.79 Å². The molecule has 4 nitrogen and oxygen atoms in total. The van der Waals surface area contributed by atoms with Gasteiger partial charge in [-0.05, 0) is 34.5 Å². The van der Waals surface area contributed by atoms with Crippen molar-refractivity contribution in [3.63, 3.8) is 0 Å². The summed E-state index contributed by atoms with van der Waals surface area (Å²) in [4.78, 5) is 14.9. The molecule has 0 bridgehead atoms. The summed E-state index contributed by atoms with van der Waals surface area (Å²) in [5, 5.41) is 8.70. The maximum absolute atomic E-state index is 10.6. The fraction of sp³-hybridized carbons (Fsp3) is 0.273. The lowest BCUT2D eigenvalue weighted by atomic mass is 10.2. The summed E-state index contributed by atoms with van der Waals surface area (Å²) in [6.45, 7) is 2.42. The van der Waals surface area contributed by atoms with Gasteiger partial charge in [0.05, 0.1) is 17.5 Å². The molecule has 0 saturated heterocycles. The second-order valence-corrected chi connectivity index (χ2v) is 4.33. The predicted molar refractivity (Wildman–Crippen MR) is 64.4 cm³/mol. The summed E-state index contributed by atoms with van der Waals surface area (Å²) >= 11 is 3.35. The van der Waals surface area contributed by atoms with E-state index in [4.69, 9.17) is 5.11 Å². The number of hydrogen-bond donors (Lipinski definition) is 1. The van der Waals surface area contributed by atoms with E-state index in [0.717, 1.165) is 16.6 Å². The summed E-state index contributed by atoms with van der Waals surface area (Å²) in [5.41, 5.74) is 2.98. The number of aryl methyl sites for hydroxylation is 2. The molecule has 0 aliphatic rings. The number of aliphatic carboxylic acids is 1. The van der Waals surface area contributed by atoms with Crippen LogP contribution in [0.4, 0.5) is 0 Å². The van der Waals surface area contributed by atoms with Gasteiger partial charge in [0.1, 0.15) is 0 Å². The maximum Gasteiger partial charge on any atom is 0.305 e. The van der Waals surface area contributed by atoms with Gasteiger partial charge in [0.2, 0.25) is 0 Å². The summed E-state index contributed by atoms with van der Waals surface area (Å²) in [6, 6.07) is 5.86. The number of carboxylic acids is 1. The molecule has 84 valence electrons. The fourth-order valence-electron chi connectivity index (χ4n) is 1.75. The van der Waals surface area contributed by atoms with E-state index in [1.165, 1.54) is 0 Å². The third-order valence-electron chi connectivity index (χ3n) is 2.47. The van der Waals surface area contributed by atoms with Crippen molar-refractivity contribution < 1.29 is 9.90 Å². The van der Waals surface area contributed by atoms with Crippen LogP contribution in [-0.2, 0) is 11.3 Å². The van der Waals surface area contributed by atoms with Crippen molar-refractivity contribution >= 4 is 32.9 Å². The molecule has 0 unspecified atom stereocenters. The molecule has 2 aromatic rings. The third kappa shape index (κ3) is 1.95. The SMILES string of the molecule is Cc1cccc2nc(Br)n(CCC(=O)O)c12. The highest BCUT2D eigenvalue weighted by Gasteiger charge is 2.11. The van der Waals surface area contributed by atoms with Gasteiger partial charge in [0.15, 0.2) is 4.73 Å². The smallest absolute Gasteiger partial charge is 0.305 e. The molecule has 0 amide bonds. The molecule has 5 heteroatoms. The Labute approximate surface area is 101 Å². The van der Waals surface area contributed by atoms with Crippen LogP contribution in [0, 0.1) is 6.92 Å². The summed E-state index contributed by atoms with van der Waals surface area (Å²) in [7, 11) is 0. The van der Waals surface area contributed by atoms with E-state index in [-0.39, 0.29) is 6.42 Å². The summed E-state index contributed by atoms with van der Waals surface area (Å²) in [5.74, 6) is -0.803. The standard InChI is InChI=1S/C11H11BrN2O2/c1-7-3-2-4-8-10(7)14(11(12)13-8)6-5-9(15)16/h2-4H,5-6H2,1H3,(H,15,16). The Kier molecular flexibility index (Phi) is 2.96. The van der Waals surface area contributed by atoms with Gasteiger partial charge in [0.25, 0.3) is 0 Å². The number of rotatable bonds is 3. The zero-order valence-electron chi connectivity index (χ0n) is 8.77. The summed E-state index contributed by atoms with van der Waals surface area (Å²) in [6.07, 6.45) is 0.0956. The fourth-order valence-corrected chi connectivity index (χ4v) is 2.29. The van der Waals surface area contributed by atoms with Crippen molar-refractivity contribution in [2.45, 2.75) is 19.9 Å². The molecule has 1 aromatic carbocycles. The second-order valence-electron chi connectivity index (χ2n) is 3.62. The van der Waals surface area contributed by atoms with Crippen LogP contribution in [0.3, 0.4) is 0 Å². The number of hydrogen-bond acceptors (Lipinski definition) is 2. The first-order valence-electron chi connectivity index (χ1n) is 4.92. The average molecular weight is 283 g/mol. The van der Waals surface area contributed by atoms with Crippen molar-refractivity contribution in [3.8, 4) is 0 Å². The van der Waals surface area contributed by atoms with Gasteiger partial charge in [0, 0.05) is 6.54 Å². The highest BCUT2D eigenvalue weighted by atomic mass is 79.9. The van der Waals surface area contributed by atoms with Crippen molar-refractivity contribution in [3.05, 3.63) is 28.5 Å². The molecule has 0 aliphatic heterocycles. The first kappa shape index (κ1) is 11.1. The minimum Gasteiger partial charge on any atom is -0.481 e. The Balaban J connectivity index is 2.50. The van der Waals surface area contributed by atoms with Crippen LogP contribution < -0.4 is 0 Å². The zero-order valence-corrected chi connectivity index (χ0v) is 10.4. The number of imidazole rings is 1. The van der Waals surface area contributed by atoms with Gasteiger partial charge in [-0.1, -0.05) is 12.1 Å². The molecule has 2 rings (SSSR count). The van der Waals surface area contributed by atoms with Crippen molar-refractivity contribution in [1.82, 2.24) is 9.55 Å². The van der Waals surface area contributed by atoms with Gasteiger partial charge in [-0.3, -0.25) is 4.79 Å². The Hall–Kier alpha value is -1.36. The highest BCUT2D eigenvalue weighted by Crippen LogP contribution is 2.23. The number of aromatic nitrogens is 2. The number of nitrogens with zero attached hydrogens (tertiary/aromatic N) is 2. The van der Waals surface area contributed by atoms with E-state index in [0.29, 0.717) is 11.3 Å². The Morgan fingerprint density at radius 3 is 3.00 bits per heavy atom. The van der Waals surface area contributed by atoms with E-state index < -0.39 is 5.97 Å². The van der Waals surface area contributed by atoms with Crippen LogP contribution in [0.2, 0.25) is 0 Å². The van der Waals surface area contributed by atoms with Crippen LogP contribution in [0.15, 0.2) is 22.9 Å².